The molecular formula is C9H5I2N. The summed E-state index contributed by atoms with van der Waals surface area (Å²) in [6.07, 6.45) is 1.84. The Morgan fingerprint density at radius 1 is 1.08 bits per heavy atom. The first-order chi connectivity index (χ1) is 5.77. The molecule has 12 heavy (non-hydrogen) atoms. The Balaban J connectivity index is 2.88. The summed E-state index contributed by atoms with van der Waals surface area (Å²) in [5.41, 5.74) is 1.07. The molecule has 0 aliphatic rings. The molecule has 0 N–H and O–H groups in total. The third-order valence-electron chi connectivity index (χ3n) is 1.65. The van der Waals surface area contributed by atoms with Gasteiger partial charge in [0.15, 0.2) is 0 Å². The standard InChI is InChI=1S/C9H5I2N/c10-6-1-2-9-7(5-6)8(11)3-4-12-9/h1-5H. The Morgan fingerprint density at radius 2 is 1.92 bits per heavy atom. The second-order valence-electron chi connectivity index (χ2n) is 2.45. The summed E-state index contributed by atoms with van der Waals surface area (Å²) in [5, 5.41) is 1.24. The zero-order valence-corrected chi connectivity index (χ0v) is 10.4. The lowest BCUT2D eigenvalue weighted by molar-refractivity contribution is 1.40. The first-order valence-electron chi connectivity index (χ1n) is 3.47. The number of nitrogens with zero attached hydrogens (tertiary/aromatic N) is 1. The van der Waals surface area contributed by atoms with Crippen molar-refractivity contribution in [3.63, 3.8) is 0 Å². The second-order valence-corrected chi connectivity index (χ2v) is 4.86. The minimum absolute atomic E-state index is 1.07. The van der Waals surface area contributed by atoms with Crippen LogP contribution >= 0.6 is 45.2 Å². The molecule has 0 fully saturated rings. The molecule has 0 aliphatic heterocycles. The predicted molar refractivity (Wildman–Crippen MR) is 67.2 cm³/mol. The van der Waals surface area contributed by atoms with Crippen LogP contribution in [0.2, 0.25) is 0 Å². The van der Waals surface area contributed by atoms with E-state index in [1.54, 1.807) is 0 Å². The molecule has 0 spiro atoms. The molecule has 1 heterocycles. The molecule has 60 valence electrons. The summed E-state index contributed by atoms with van der Waals surface area (Å²) in [7, 11) is 0. The molecule has 0 bridgehead atoms. The van der Waals surface area contributed by atoms with Crippen molar-refractivity contribution in [1.29, 1.82) is 0 Å². The van der Waals surface area contributed by atoms with Crippen LogP contribution in [0.1, 0.15) is 0 Å². The van der Waals surface area contributed by atoms with E-state index in [-0.39, 0.29) is 0 Å². The van der Waals surface area contributed by atoms with Crippen molar-refractivity contribution in [2.75, 3.05) is 0 Å². The van der Waals surface area contributed by atoms with Crippen molar-refractivity contribution in [2.24, 2.45) is 0 Å². The van der Waals surface area contributed by atoms with Crippen molar-refractivity contribution < 1.29 is 0 Å². The van der Waals surface area contributed by atoms with E-state index in [1.165, 1.54) is 12.5 Å². The van der Waals surface area contributed by atoms with Crippen molar-refractivity contribution in [1.82, 2.24) is 4.98 Å². The molecule has 2 aromatic rings. The number of halogens is 2. The van der Waals surface area contributed by atoms with Gasteiger partial charge in [-0.25, -0.2) is 0 Å². The number of benzene rings is 1. The van der Waals surface area contributed by atoms with Crippen LogP contribution in [0.15, 0.2) is 30.5 Å². The number of pyridine rings is 1. The highest BCUT2D eigenvalue weighted by molar-refractivity contribution is 14.1. The smallest absolute Gasteiger partial charge is 0.0713 e. The molecule has 3 heteroatoms. The molecule has 1 nitrogen and oxygen atoms in total. The van der Waals surface area contributed by atoms with Gasteiger partial charge in [0.25, 0.3) is 0 Å². The third kappa shape index (κ3) is 1.56. The Hall–Kier alpha value is 0.0900. The molecule has 2 rings (SSSR count). The molecular weight excluding hydrogens is 376 g/mol. The fourth-order valence-electron chi connectivity index (χ4n) is 1.08. The number of hydrogen-bond donors (Lipinski definition) is 0. The van der Waals surface area contributed by atoms with Crippen molar-refractivity contribution in [3.8, 4) is 0 Å². The second kappa shape index (κ2) is 3.45. The third-order valence-corrected chi connectivity index (χ3v) is 3.26. The SMILES string of the molecule is Ic1ccc2nccc(I)c2c1. The van der Waals surface area contributed by atoms with Crippen molar-refractivity contribution >= 4 is 56.1 Å². The van der Waals surface area contributed by atoms with Crippen LogP contribution < -0.4 is 0 Å². The molecule has 0 amide bonds. The highest BCUT2D eigenvalue weighted by Crippen LogP contribution is 2.20. The lowest BCUT2D eigenvalue weighted by Gasteiger charge is -1.99. The van der Waals surface area contributed by atoms with Crippen LogP contribution in [-0.2, 0) is 0 Å². The lowest BCUT2D eigenvalue weighted by atomic mass is 10.2. The number of fused-ring (bicyclic) bond motifs is 1. The monoisotopic (exact) mass is 381 g/mol. The van der Waals surface area contributed by atoms with E-state index in [0.717, 1.165) is 5.52 Å². The Morgan fingerprint density at radius 3 is 2.75 bits per heavy atom. The number of aromatic nitrogens is 1. The fraction of sp³-hybridized carbons (Fsp3) is 0. The van der Waals surface area contributed by atoms with Gasteiger partial charge in [-0.1, -0.05) is 0 Å². The van der Waals surface area contributed by atoms with Crippen molar-refractivity contribution in [2.45, 2.75) is 0 Å². The molecule has 0 saturated heterocycles. The van der Waals surface area contributed by atoms with Crippen LogP contribution in [0.25, 0.3) is 10.9 Å². The van der Waals surface area contributed by atoms with E-state index in [1.807, 2.05) is 12.3 Å². The van der Waals surface area contributed by atoms with Gasteiger partial charge in [0, 0.05) is 18.7 Å². The van der Waals surface area contributed by atoms with Gasteiger partial charge >= 0.3 is 0 Å². The van der Waals surface area contributed by atoms with E-state index in [9.17, 15) is 0 Å². The van der Waals surface area contributed by atoms with E-state index in [2.05, 4.69) is 68.4 Å². The van der Waals surface area contributed by atoms with Gasteiger partial charge in [-0.15, -0.1) is 0 Å². The maximum absolute atomic E-state index is 4.28. The average molecular weight is 381 g/mol. The molecule has 1 aromatic heterocycles. The van der Waals surface area contributed by atoms with Crippen molar-refractivity contribution in [3.05, 3.63) is 37.6 Å². The zero-order valence-electron chi connectivity index (χ0n) is 6.09. The minimum atomic E-state index is 1.07. The normalized spacial score (nSPS) is 10.5. The largest absolute Gasteiger partial charge is 0.256 e. The molecule has 0 aliphatic carbocycles. The van der Waals surface area contributed by atoms with Gasteiger partial charge < -0.3 is 0 Å². The van der Waals surface area contributed by atoms with E-state index < -0.39 is 0 Å². The Bertz CT molecular complexity index is 426. The average Bonchev–Trinajstić information content (AvgIpc) is 2.07. The summed E-state index contributed by atoms with van der Waals surface area (Å²) in [6.45, 7) is 0. The molecule has 1 aromatic carbocycles. The highest BCUT2D eigenvalue weighted by atomic mass is 127. The van der Waals surface area contributed by atoms with Gasteiger partial charge in [0.1, 0.15) is 0 Å². The number of hydrogen-bond acceptors (Lipinski definition) is 1. The highest BCUT2D eigenvalue weighted by Gasteiger charge is 1.98. The van der Waals surface area contributed by atoms with Crippen LogP contribution in [0.3, 0.4) is 0 Å². The fourth-order valence-corrected chi connectivity index (χ4v) is 2.17. The van der Waals surface area contributed by atoms with E-state index >= 15 is 0 Å². The Labute approximate surface area is 97.9 Å². The quantitative estimate of drug-likeness (QED) is 0.638. The summed E-state index contributed by atoms with van der Waals surface area (Å²) in [4.78, 5) is 4.28. The molecule has 0 saturated carbocycles. The Kier molecular flexibility index (Phi) is 2.49. The zero-order chi connectivity index (χ0) is 8.55. The van der Waals surface area contributed by atoms with Gasteiger partial charge in [-0.05, 0) is 69.4 Å². The number of rotatable bonds is 0. The molecule has 0 atom stereocenters. The maximum Gasteiger partial charge on any atom is 0.0713 e. The summed E-state index contributed by atoms with van der Waals surface area (Å²) < 4.78 is 2.52. The summed E-state index contributed by atoms with van der Waals surface area (Å²) in [5.74, 6) is 0. The molecule has 0 unspecified atom stereocenters. The maximum atomic E-state index is 4.28. The first kappa shape index (κ1) is 8.68. The minimum Gasteiger partial charge on any atom is -0.256 e. The van der Waals surface area contributed by atoms with E-state index in [0.29, 0.717) is 0 Å². The lowest BCUT2D eigenvalue weighted by Crippen LogP contribution is -1.82. The summed E-state index contributed by atoms with van der Waals surface area (Å²) >= 11 is 4.64. The van der Waals surface area contributed by atoms with Gasteiger partial charge in [-0.2, -0.15) is 0 Å². The van der Waals surface area contributed by atoms with Gasteiger partial charge in [0.2, 0.25) is 0 Å². The van der Waals surface area contributed by atoms with Gasteiger partial charge in [-0.3, -0.25) is 4.98 Å². The molecule has 0 radical (unpaired) electrons. The van der Waals surface area contributed by atoms with Crippen LogP contribution in [0, 0.1) is 7.14 Å². The van der Waals surface area contributed by atoms with E-state index in [4.69, 9.17) is 0 Å². The van der Waals surface area contributed by atoms with Gasteiger partial charge in [0.05, 0.1) is 5.52 Å². The predicted octanol–water partition coefficient (Wildman–Crippen LogP) is 3.44. The van der Waals surface area contributed by atoms with Crippen LogP contribution in [0.5, 0.6) is 0 Å². The first-order valence-corrected chi connectivity index (χ1v) is 5.63. The topological polar surface area (TPSA) is 12.9 Å². The van der Waals surface area contributed by atoms with Crippen LogP contribution in [-0.4, -0.2) is 4.98 Å². The summed E-state index contributed by atoms with van der Waals surface area (Å²) in [6, 6.07) is 8.31. The van der Waals surface area contributed by atoms with Crippen LogP contribution in [0.4, 0.5) is 0 Å².